The molecule has 1 N–H and O–H groups in total. The molecule has 11 heteroatoms. The number of halogens is 1. The van der Waals surface area contributed by atoms with Gasteiger partial charge in [-0.1, -0.05) is 11.2 Å². The van der Waals surface area contributed by atoms with Crippen molar-refractivity contribution < 1.29 is 22.1 Å². The standard InChI is InChI=1S/C17H17FN4O4S2/c1-11(17-20-16(21-26-17)12-5-7-13(18)8-6-12)19-14(23)10-22(2)28(24,25)15-4-3-9-27-15/h3-9,11H,10H2,1-2H3,(H,19,23). The highest BCUT2D eigenvalue weighted by Crippen LogP contribution is 2.21. The smallest absolute Gasteiger partial charge is 0.252 e. The SMILES string of the molecule is CC(NC(=O)CN(C)S(=O)(=O)c1cccs1)c1nc(-c2ccc(F)cc2)no1. The van der Waals surface area contributed by atoms with Crippen LogP contribution in [0.3, 0.4) is 0 Å². The number of rotatable bonds is 7. The van der Waals surface area contributed by atoms with Crippen molar-refractivity contribution in [3.05, 3.63) is 53.5 Å². The van der Waals surface area contributed by atoms with Gasteiger partial charge < -0.3 is 9.84 Å². The number of benzene rings is 1. The number of likely N-dealkylation sites (N-methyl/N-ethyl adjacent to an activating group) is 1. The van der Waals surface area contributed by atoms with Crippen LogP contribution in [0.25, 0.3) is 11.4 Å². The molecule has 2 heterocycles. The van der Waals surface area contributed by atoms with Crippen LogP contribution in [0.2, 0.25) is 0 Å². The molecular weight excluding hydrogens is 407 g/mol. The second-order valence-electron chi connectivity index (χ2n) is 5.95. The molecule has 28 heavy (non-hydrogen) atoms. The Balaban J connectivity index is 1.62. The number of hydrogen-bond donors (Lipinski definition) is 1. The Morgan fingerprint density at radius 2 is 2.04 bits per heavy atom. The second kappa shape index (κ2) is 8.17. The number of nitrogens with one attached hydrogen (secondary N) is 1. The summed E-state index contributed by atoms with van der Waals surface area (Å²) in [6.07, 6.45) is 0. The molecule has 0 aliphatic carbocycles. The predicted octanol–water partition coefficient (Wildman–Crippen LogP) is 2.44. The van der Waals surface area contributed by atoms with Crippen LogP contribution in [0.5, 0.6) is 0 Å². The van der Waals surface area contributed by atoms with E-state index in [4.69, 9.17) is 4.52 Å². The Bertz CT molecular complexity index is 1050. The monoisotopic (exact) mass is 424 g/mol. The lowest BCUT2D eigenvalue weighted by molar-refractivity contribution is -0.121. The minimum atomic E-state index is -3.72. The van der Waals surface area contributed by atoms with Gasteiger partial charge in [-0.15, -0.1) is 11.3 Å². The number of nitrogens with zero attached hydrogens (tertiary/aromatic N) is 3. The number of sulfonamides is 1. The number of carbonyl (C=O) groups is 1. The third-order valence-corrected chi connectivity index (χ3v) is 6.99. The van der Waals surface area contributed by atoms with E-state index >= 15 is 0 Å². The van der Waals surface area contributed by atoms with E-state index in [0.29, 0.717) is 5.56 Å². The lowest BCUT2D eigenvalue weighted by Crippen LogP contribution is -2.39. The van der Waals surface area contributed by atoms with Crippen LogP contribution < -0.4 is 5.32 Å². The molecule has 1 atom stereocenters. The minimum Gasteiger partial charge on any atom is -0.343 e. The average molecular weight is 424 g/mol. The molecule has 0 aliphatic rings. The van der Waals surface area contributed by atoms with E-state index < -0.39 is 22.0 Å². The third kappa shape index (κ3) is 4.43. The fraction of sp³-hybridized carbons (Fsp3) is 0.235. The van der Waals surface area contributed by atoms with Crippen molar-refractivity contribution in [2.75, 3.05) is 13.6 Å². The first-order chi connectivity index (χ1) is 13.3. The van der Waals surface area contributed by atoms with E-state index in [1.165, 1.54) is 37.4 Å². The van der Waals surface area contributed by atoms with Gasteiger partial charge in [-0.2, -0.15) is 9.29 Å². The highest BCUT2D eigenvalue weighted by Gasteiger charge is 2.25. The van der Waals surface area contributed by atoms with Gasteiger partial charge in [-0.3, -0.25) is 4.79 Å². The van der Waals surface area contributed by atoms with Crippen molar-refractivity contribution in [2.24, 2.45) is 0 Å². The van der Waals surface area contributed by atoms with E-state index in [2.05, 4.69) is 15.5 Å². The van der Waals surface area contributed by atoms with Crippen molar-refractivity contribution in [3.8, 4) is 11.4 Å². The van der Waals surface area contributed by atoms with Crippen molar-refractivity contribution in [1.82, 2.24) is 19.8 Å². The topological polar surface area (TPSA) is 105 Å². The lowest BCUT2D eigenvalue weighted by Gasteiger charge is -2.17. The summed E-state index contributed by atoms with van der Waals surface area (Å²) in [5, 5.41) is 8.08. The molecule has 1 amide bonds. The first-order valence-corrected chi connectivity index (χ1v) is 10.5. The Kier molecular flexibility index (Phi) is 5.87. The zero-order valence-corrected chi connectivity index (χ0v) is 16.6. The molecule has 0 saturated heterocycles. The molecule has 1 aromatic carbocycles. The van der Waals surface area contributed by atoms with Crippen molar-refractivity contribution in [1.29, 1.82) is 0 Å². The zero-order chi connectivity index (χ0) is 20.3. The largest absolute Gasteiger partial charge is 0.343 e. The maximum Gasteiger partial charge on any atom is 0.252 e. The van der Waals surface area contributed by atoms with Crippen molar-refractivity contribution in [3.63, 3.8) is 0 Å². The lowest BCUT2D eigenvalue weighted by atomic mass is 10.2. The van der Waals surface area contributed by atoms with Crippen LogP contribution in [0.15, 0.2) is 50.5 Å². The number of carbonyl (C=O) groups excluding carboxylic acids is 1. The van der Waals surface area contributed by atoms with Crippen LogP contribution in [-0.4, -0.2) is 42.4 Å². The molecule has 0 saturated carbocycles. The Labute approximate surface area is 165 Å². The molecule has 3 aromatic rings. The van der Waals surface area contributed by atoms with Gasteiger partial charge in [0.1, 0.15) is 16.1 Å². The molecule has 3 rings (SSSR count). The summed E-state index contributed by atoms with van der Waals surface area (Å²) >= 11 is 1.08. The van der Waals surface area contributed by atoms with Gasteiger partial charge in [-0.05, 0) is 42.6 Å². The van der Waals surface area contributed by atoms with E-state index in [-0.39, 0.29) is 28.3 Å². The predicted molar refractivity (Wildman–Crippen MR) is 100 cm³/mol. The summed E-state index contributed by atoms with van der Waals surface area (Å²) < 4.78 is 44.0. The van der Waals surface area contributed by atoms with Crippen molar-refractivity contribution in [2.45, 2.75) is 17.2 Å². The van der Waals surface area contributed by atoms with Gasteiger partial charge in [0.25, 0.3) is 10.0 Å². The molecule has 0 spiro atoms. The molecule has 2 aromatic heterocycles. The van der Waals surface area contributed by atoms with Gasteiger partial charge in [0.15, 0.2) is 0 Å². The molecule has 8 nitrogen and oxygen atoms in total. The quantitative estimate of drug-likeness (QED) is 0.625. The van der Waals surface area contributed by atoms with Crippen molar-refractivity contribution >= 4 is 27.3 Å². The molecule has 1 unspecified atom stereocenters. The maximum atomic E-state index is 13.0. The number of hydrogen-bond acceptors (Lipinski definition) is 7. The van der Waals surface area contributed by atoms with E-state index in [9.17, 15) is 17.6 Å². The summed E-state index contributed by atoms with van der Waals surface area (Å²) in [7, 11) is -2.39. The fourth-order valence-corrected chi connectivity index (χ4v) is 4.66. The van der Waals surface area contributed by atoms with E-state index in [1.54, 1.807) is 18.4 Å². The highest BCUT2D eigenvalue weighted by atomic mass is 32.2. The summed E-state index contributed by atoms with van der Waals surface area (Å²) in [6.45, 7) is 1.27. The molecule has 148 valence electrons. The highest BCUT2D eigenvalue weighted by molar-refractivity contribution is 7.91. The Morgan fingerprint density at radius 3 is 2.68 bits per heavy atom. The average Bonchev–Trinajstić information content (AvgIpc) is 3.34. The van der Waals surface area contributed by atoms with Gasteiger partial charge in [0, 0.05) is 12.6 Å². The maximum absolute atomic E-state index is 13.0. The van der Waals surface area contributed by atoms with Gasteiger partial charge in [0.2, 0.25) is 17.6 Å². The molecule has 0 aliphatic heterocycles. The van der Waals surface area contributed by atoms with Crippen LogP contribution in [0.4, 0.5) is 4.39 Å². The van der Waals surface area contributed by atoms with Crippen LogP contribution in [0.1, 0.15) is 18.9 Å². The first-order valence-electron chi connectivity index (χ1n) is 8.16. The van der Waals surface area contributed by atoms with Crippen LogP contribution >= 0.6 is 11.3 Å². The number of thiophene rings is 1. The number of amides is 1. The van der Waals surface area contributed by atoms with E-state index in [0.717, 1.165) is 15.6 Å². The first kappa shape index (κ1) is 20.1. The summed E-state index contributed by atoms with van der Waals surface area (Å²) in [4.78, 5) is 16.4. The number of aromatic nitrogens is 2. The second-order valence-corrected chi connectivity index (χ2v) is 9.16. The molecule has 0 bridgehead atoms. The van der Waals surface area contributed by atoms with E-state index in [1.807, 2.05) is 0 Å². The normalized spacial score (nSPS) is 12.9. The Hall–Kier alpha value is -2.63. The fourth-order valence-electron chi connectivity index (χ4n) is 2.33. The Morgan fingerprint density at radius 1 is 1.32 bits per heavy atom. The molecule has 0 fully saturated rings. The summed E-state index contributed by atoms with van der Waals surface area (Å²) in [6, 6.07) is 8.05. The van der Waals surface area contributed by atoms with Gasteiger partial charge in [0.05, 0.1) is 6.54 Å². The van der Waals surface area contributed by atoms with Crippen LogP contribution in [0, 0.1) is 5.82 Å². The summed E-state index contributed by atoms with van der Waals surface area (Å²) in [5.74, 6) is -0.490. The molecule has 0 radical (unpaired) electrons. The van der Waals surface area contributed by atoms with Gasteiger partial charge >= 0.3 is 0 Å². The molecular formula is C17H17FN4O4S2. The third-order valence-electron chi connectivity index (χ3n) is 3.82. The summed E-state index contributed by atoms with van der Waals surface area (Å²) in [5.41, 5.74) is 0.566. The minimum absolute atomic E-state index is 0.149. The van der Waals surface area contributed by atoms with Crippen LogP contribution in [-0.2, 0) is 14.8 Å². The van der Waals surface area contributed by atoms with Gasteiger partial charge in [-0.25, -0.2) is 12.8 Å². The zero-order valence-electron chi connectivity index (χ0n) is 15.0.